The van der Waals surface area contributed by atoms with Crippen LogP contribution in [0.15, 0.2) is 30.3 Å². The van der Waals surface area contributed by atoms with Crippen molar-refractivity contribution in [1.29, 1.82) is 0 Å². The summed E-state index contributed by atoms with van der Waals surface area (Å²) in [7, 11) is 1.46. The normalized spacial score (nSPS) is 12.2. The van der Waals surface area contributed by atoms with Gasteiger partial charge in [0.1, 0.15) is 12.4 Å². The quantitative estimate of drug-likeness (QED) is 0.406. The molecule has 1 aromatic carbocycles. The van der Waals surface area contributed by atoms with E-state index in [0.29, 0.717) is 22.6 Å². The summed E-state index contributed by atoms with van der Waals surface area (Å²) in [5.41, 5.74) is 1.19. The number of nitrogens with one attached hydrogen (secondary N) is 1. The molecule has 1 aliphatic carbocycles. The van der Waals surface area contributed by atoms with Crippen molar-refractivity contribution < 1.29 is 34.1 Å². The van der Waals surface area contributed by atoms with Crippen LogP contribution >= 0.6 is 0 Å². The van der Waals surface area contributed by atoms with Gasteiger partial charge in [-0.3, -0.25) is 4.79 Å². The number of aryl methyl sites for hydroxylation is 1. The smallest absolute Gasteiger partial charge is 0.357 e. The van der Waals surface area contributed by atoms with E-state index in [9.17, 15) is 19.5 Å². The highest BCUT2D eigenvalue weighted by atomic mass is 16.5. The van der Waals surface area contributed by atoms with Crippen molar-refractivity contribution in [3.05, 3.63) is 47.3 Å². The first-order chi connectivity index (χ1) is 14.9. The monoisotopic (exact) mass is 430 g/mol. The fraction of sp³-hybridized carbons (Fsp3) is 0.364. The Hall–Kier alpha value is -3.46. The fourth-order valence-electron chi connectivity index (χ4n) is 2.73. The second-order valence-corrected chi connectivity index (χ2v) is 6.89. The number of esters is 1. The molecule has 0 spiro atoms. The van der Waals surface area contributed by atoms with Crippen LogP contribution in [0.5, 0.6) is 5.75 Å². The molecule has 1 aliphatic rings. The van der Waals surface area contributed by atoms with Crippen molar-refractivity contribution in [2.75, 3.05) is 26.9 Å². The maximum Gasteiger partial charge on any atom is 0.357 e. The molecule has 1 saturated carbocycles. The lowest BCUT2D eigenvalue weighted by Crippen LogP contribution is -2.13. The van der Waals surface area contributed by atoms with Gasteiger partial charge in [-0.15, -0.1) is 0 Å². The van der Waals surface area contributed by atoms with Crippen molar-refractivity contribution in [1.82, 2.24) is 10.3 Å². The second kappa shape index (κ2) is 11.7. The number of nitrogens with zero attached hydrogens (tertiary/aromatic N) is 1. The molecule has 0 radical (unpaired) electrons. The molecule has 1 amide bonds. The van der Waals surface area contributed by atoms with Gasteiger partial charge in [-0.2, -0.15) is 0 Å². The minimum atomic E-state index is -1.14. The van der Waals surface area contributed by atoms with E-state index >= 15 is 0 Å². The van der Waals surface area contributed by atoms with Crippen molar-refractivity contribution in [2.45, 2.75) is 19.8 Å². The molecule has 166 valence electrons. The number of aromatic carboxylic acids is 1. The van der Waals surface area contributed by atoms with Crippen LogP contribution in [0.25, 0.3) is 11.1 Å². The van der Waals surface area contributed by atoms with Gasteiger partial charge in [0.25, 0.3) is 0 Å². The molecule has 2 aromatic rings. The van der Waals surface area contributed by atoms with Gasteiger partial charge in [0.2, 0.25) is 6.41 Å². The van der Waals surface area contributed by atoms with Crippen LogP contribution in [0, 0.1) is 12.8 Å². The second-order valence-electron chi connectivity index (χ2n) is 6.89. The highest BCUT2D eigenvalue weighted by Gasteiger charge is 2.21. The van der Waals surface area contributed by atoms with Gasteiger partial charge in [0.15, 0.2) is 5.69 Å². The zero-order chi connectivity index (χ0) is 22.8. The number of hydrogen-bond donors (Lipinski definition) is 3. The number of hydrogen-bond acceptors (Lipinski definition) is 7. The van der Waals surface area contributed by atoms with Gasteiger partial charge in [-0.05, 0) is 49.9 Å². The highest BCUT2D eigenvalue weighted by Crippen LogP contribution is 2.31. The lowest BCUT2D eigenvalue weighted by Gasteiger charge is -2.13. The molecule has 9 nitrogen and oxygen atoms in total. The summed E-state index contributed by atoms with van der Waals surface area (Å²) in [5.74, 6) is -0.611. The number of carboxylic acid groups (broad SMARTS) is 1. The number of carbonyl (C=O) groups excluding carboxylic acids is 2. The first-order valence-electron chi connectivity index (χ1n) is 9.75. The Bertz CT molecular complexity index is 926. The molecule has 9 heteroatoms. The van der Waals surface area contributed by atoms with E-state index in [1.165, 1.54) is 38.2 Å². The van der Waals surface area contributed by atoms with Gasteiger partial charge in [-0.25, -0.2) is 14.6 Å². The Labute approximate surface area is 180 Å². The van der Waals surface area contributed by atoms with Gasteiger partial charge in [0.05, 0.1) is 19.3 Å². The standard InChI is InChI=1S/C17H17NO6.C5H9NO/c1-10-3-5-12(15(18-10)17(22)24-8-7-19)14-9-11(23-2)4-6-13(14)16(20)21;7-4-6-3-5-1-2-5/h3-6,9,19H,7-8H2,1-2H3,(H,20,21);4-5H,1-3H2,(H,6,7). The Balaban J connectivity index is 0.000000412. The molecule has 3 N–H and O–H groups in total. The van der Waals surface area contributed by atoms with E-state index in [1.54, 1.807) is 19.1 Å². The van der Waals surface area contributed by atoms with E-state index in [-0.39, 0.29) is 24.5 Å². The molecule has 0 bridgehead atoms. The molecule has 3 rings (SSSR count). The van der Waals surface area contributed by atoms with E-state index in [2.05, 4.69) is 10.3 Å². The SMILES string of the molecule is COc1ccc(C(=O)O)c(-c2ccc(C)nc2C(=O)OCCO)c1.O=CNCC1CC1. The Morgan fingerprint density at radius 2 is 1.97 bits per heavy atom. The maximum atomic E-state index is 12.2. The molecular formula is C22H26N2O7. The highest BCUT2D eigenvalue weighted by molar-refractivity contribution is 6.01. The molecule has 1 heterocycles. The van der Waals surface area contributed by atoms with Crippen LogP contribution in [-0.4, -0.2) is 60.4 Å². The van der Waals surface area contributed by atoms with Crippen LogP contribution in [-0.2, 0) is 9.53 Å². The van der Waals surface area contributed by atoms with E-state index in [0.717, 1.165) is 18.9 Å². The Morgan fingerprint density at radius 1 is 1.23 bits per heavy atom. The number of amides is 1. The van der Waals surface area contributed by atoms with E-state index < -0.39 is 11.9 Å². The summed E-state index contributed by atoms with van der Waals surface area (Å²) in [6.45, 7) is 2.12. The number of pyridine rings is 1. The summed E-state index contributed by atoms with van der Waals surface area (Å²) in [6, 6.07) is 7.73. The van der Waals surface area contributed by atoms with Crippen molar-refractivity contribution in [3.63, 3.8) is 0 Å². The third kappa shape index (κ3) is 7.07. The number of aromatic nitrogens is 1. The molecule has 31 heavy (non-hydrogen) atoms. The number of carboxylic acids is 1. The summed E-state index contributed by atoms with van der Waals surface area (Å²) < 4.78 is 10.1. The van der Waals surface area contributed by atoms with Crippen LogP contribution < -0.4 is 10.1 Å². The van der Waals surface area contributed by atoms with Crippen molar-refractivity contribution in [3.8, 4) is 16.9 Å². The average molecular weight is 430 g/mol. The van der Waals surface area contributed by atoms with Crippen LogP contribution in [0.3, 0.4) is 0 Å². The zero-order valence-corrected chi connectivity index (χ0v) is 17.5. The number of carbonyl (C=O) groups is 3. The minimum absolute atomic E-state index is 0.0117. The van der Waals surface area contributed by atoms with Crippen molar-refractivity contribution in [2.24, 2.45) is 5.92 Å². The van der Waals surface area contributed by atoms with E-state index in [4.69, 9.17) is 14.6 Å². The number of rotatable bonds is 9. The maximum absolute atomic E-state index is 12.2. The van der Waals surface area contributed by atoms with Gasteiger partial charge >= 0.3 is 11.9 Å². The Morgan fingerprint density at radius 3 is 2.55 bits per heavy atom. The largest absolute Gasteiger partial charge is 0.497 e. The molecule has 1 fully saturated rings. The van der Waals surface area contributed by atoms with Gasteiger partial charge in [0, 0.05) is 23.4 Å². The summed E-state index contributed by atoms with van der Waals surface area (Å²) in [4.78, 5) is 37.5. The third-order valence-corrected chi connectivity index (χ3v) is 4.49. The van der Waals surface area contributed by atoms with Crippen molar-refractivity contribution >= 4 is 18.3 Å². The molecule has 0 saturated heterocycles. The molecule has 0 atom stereocenters. The minimum Gasteiger partial charge on any atom is -0.497 e. The number of benzene rings is 1. The number of aliphatic hydroxyl groups is 1. The lowest BCUT2D eigenvalue weighted by molar-refractivity contribution is -0.109. The first-order valence-corrected chi connectivity index (χ1v) is 9.75. The predicted molar refractivity (Wildman–Crippen MR) is 112 cm³/mol. The zero-order valence-electron chi connectivity index (χ0n) is 17.5. The molecular weight excluding hydrogens is 404 g/mol. The summed E-state index contributed by atoms with van der Waals surface area (Å²) in [6.07, 6.45) is 3.38. The van der Waals surface area contributed by atoms with E-state index in [1.807, 2.05) is 0 Å². The molecule has 1 aromatic heterocycles. The van der Waals surface area contributed by atoms with Gasteiger partial charge < -0.3 is 25.0 Å². The first kappa shape index (κ1) is 23.8. The fourth-order valence-corrected chi connectivity index (χ4v) is 2.73. The summed E-state index contributed by atoms with van der Waals surface area (Å²) >= 11 is 0. The van der Waals surface area contributed by atoms with Crippen LogP contribution in [0.1, 0.15) is 39.4 Å². The van der Waals surface area contributed by atoms with Gasteiger partial charge in [-0.1, -0.05) is 6.07 Å². The lowest BCUT2D eigenvalue weighted by atomic mass is 9.97. The molecule has 0 aliphatic heterocycles. The van der Waals surface area contributed by atoms with Crippen LogP contribution in [0.2, 0.25) is 0 Å². The summed E-state index contributed by atoms with van der Waals surface area (Å²) in [5, 5.41) is 20.8. The molecule has 0 unspecified atom stereocenters. The average Bonchev–Trinajstić information content (AvgIpc) is 3.60. The predicted octanol–water partition coefficient (Wildman–Crippen LogP) is 2.06. The number of methoxy groups -OCH3 is 1. The number of ether oxygens (including phenoxy) is 2. The third-order valence-electron chi connectivity index (χ3n) is 4.49. The van der Waals surface area contributed by atoms with Crippen LogP contribution in [0.4, 0.5) is 0 Å². The topological polar surface area (TPSA) is 135 Å². The number of aliphatic hydroxyl groups excluding tert-OH is 1. The Kier molecular flexibility index (Phi) is 8.95.